The highest BCUT2D eigenvalue weighted by Gasteiger charge is 2.56. The molecule has 2 aromatic rings. The molecule has 124 valence electrons. The minimum absolute atomic E-state index is 0.319. The Hall–Kier alpha value is -2.69. The number of halogens is 1. The van der Waals surface area contributed by atoms with Crippen LogP contribution in [-0.4, -0.2) is 11.8 Å². The first-order chi connectivity index (χ1) is 11.5. The van der Waals surface area contributed by atoms with Crippen LogP contribution in [0.25, 0.3) is 0 Å². The van der Waals surface area contributed by atoms with Crippen molar-refractivity contribution in [3.63, 3.8) is 0 Å². The molecule has 0 bridgehead atoms. The van der Waals surface area contributed by atoms with E-state index >= 15 is 0 Å². The highest BCUT2D eigenvalue weighted by molar-refractivity contribution is 6.16. The van der Waals surface area contributed by atoms with Crippen LogP contribution in [0.15, 0.2) is 48.5 Å². The fourth-order valence-corrected chi connectivity index (χ4v) is 2.57. The van der Waals surface area contributed by atoms with E-state index in [1.807, 2.05) is 24.3 Å². The molecular formula is C19H19FN2O2. The Kier molecular flexibility index (Phi) is 4.34. The number of nitrogens with one attached hydrogen (secondary N) is 2. The van der Waals surface area contributed by atoms with Gasteiger partial charge in [-0.15, -0.1) is 0 Å². The molecule has 0 spiro atoms. The van der Waals surface area contributed by atoms with E-state index in [1.165, 1.54) is 23.8 Å². The molecule has 3 rings (SSSR count). The maximum Gasteiger partial charge on any atom is 0.240 e. The van der Waals surface area contributed by atoms with E-state index in [9.17, 15) is 14.0 Å². The van der Waals surface area contributed by atoms with Gasteiger partial charge in [0.15, 0.2) is 0 Å². The normalized spacial score (nSPS) is 14.8. The average molecular weight is 326 g/mol. The van der Waals surface area contributed by atoms with Crippen molar-refractivity contribution in [3.05, 3.63) is 59.9 Å². The molecule has 0 heterocycles. The molecule has 5 heteroatoms. The minimum Gasteiger partial charge on any atom is -0.325 e. The van der Waals surface area contributed by atoms with E-state index in [0.717, 1.165) is 6.42 Å². The van der Waals surface area contributed by atoms with Crippen LogP contribution in [0.4, 0.5) is 15.8 Å². The lowest BCUT2D eigenvalue weighted by molar-refractivity contribution is -0.131. The van der Waals surface area contributed by atoms with E-state index < -0.39 is 17.1 Å². The van der Waals surface area contributed by atoms with Gasteiger partial charge >= 0.3 is 0 Å². The standard InChI is InChI=1S/C19H19FN2O2/c1-2-13-6-8-15(9-7-13)21-17(23)19(10-11-19)18(24)22-16-5-3-4-14(20)12-16/h3-9,12H,2,10-11H2,1H3,(H,21,23)(H,22,24). The van der Waals surface area contributed by atoms with Crippen LogP contribution in [0.3, 0.4) is 0 Å². The molecule has 1 aliphatic carbocycles. The van der Waals surface area contributed by atoms with Gasteiger partial charge in [-0.25, -0.2) is 4.39 Å². The van der Waals surface area contributed by atoms with Gasteiger partial charge in [-0.2, -0.15) is 0 Å². The fourth-order valence-electron chi connectivity index (χ4n) is 2.57. The summed E-state index contributed by atoms with van der Waals surface area (Å²) in [4.78, 5) is 24.9. The Morgan fingerprint density at radius 3 is 2.17 bits per heavy atom. The van der Waals surface area contributed by atoms with Crippen molar-refractivity contribution >= 4 is 23.2 Å². The number of hydrogen-bond acceptors (Lipinski definition) is 2. The van der Waals surface area contributed by atoms with Crippen LogP contribution < -0.4 is 10.6 Å². The summed E-state index contributed by atoms with van der Waals surface area (Å²) < 4.78 is 13.2. The number of hydrogen-bond donors (Lipinski definition) is 2. The summed E-state index contributed by atoms with van der Waals surface area (Å²) in [6.07, 6.45) is 1.91. The molecule has 0 aromatic heterocycles. The van der Waals surface area contributed by atoms with E-state index in [2.05, 4.69) is 17.6 Å². The van der Waals surface area contributed by atoms with Gasteiger partial charge < -0.3 is 10.6 Å². The summed E-state index contributed by atoms with van der Waals surface area (Å²) in [7, 11) is 0. The summed E-state index contributed by atoms with van der Waals surface area (Å²) in [6, 6.07) is 13.2. The van der Waals surface area contributed by atoms with Crippen molar-refractivity contribution in [2.45, 2.75) is 26.2 Å². The van der Waals surface area contributed by atoms with Gasteiger partial charge in [-0.3, -0.25) is 9.59 Å². The van der Waals surface area contributed by atoms with E-state index in [-0.39, 0.29) is 5.91 Å². The topological polar surface area (TPSA) is 58.2 Å². The number of aryl methyl sites for hydroxylation is 1. The zero-order valence-electron chi connectivity index (χ0n) is 13.4. The van der Waals surface area contributed by atoms with Crippen molar-refractivity contribution in [2.24, 2.45) is 5.41 Å². The molecule has 1 aliphatic rings. The third-order valence-electron chi connectivity index (χ3n) is 4.32. The van der Waals surface area contributed by atoms with Crippen LogP contribution in [0.1, 0.15) is 25.3 Å². The molecule has 1 saturated carbocycles. The quantitative estimate of drug-likeness (QED) is 0.822. The van der Waals surface area contributed by atoms with Crippen LogP contribution in [0, 0.1) is 11.2 Å². The fraction of sp³-hybridized carbons (Fsp3) is 0.263. The Bertz CT molecular complexity index is 767. The van der Waals surface area contributed by atoms with Gasteiger partial charge in [0.05, 0.1) is 0 Å². The average Bonchev–Trinajstić information content (AvgIpc) is 3.37. The molecule has 0 aliphatic heterocycles. The molecule has 0 saturated heterocycles. The molecule has 0 unspecified atom stereocenters. The van der Waals surface area contributed by atoms with Crippen LogP contribution in [0.5, 0.6) is 0 Å². The maximum atomic E-state index is 13.2. The Morgan fingerprint density at radius 2 is 1.62 bits per heavy atom. The molecule has 0 radical (unpaired) electrons. The van der Waals surface area contributed by atoms with Gasteiger partial charge in [0.25, 0.3) is 0 Å². The van der Waals surface area contributed by atoms with Gasteiger partial charge in [-0.1, -0.05) is 25.1 Å². The van der Waals surface area contributed by atoms with Crippen molar-refractivity contribution in [1.29, 1.82) is 0 Å². The zero-order valence-corrected chi connectivity index (χ0v) is 13.4. The molecule has 0 atom stereocenters. The van der Waals surface area contributed by atoms with Crippen molar-refractivity contribution < 1.29 is 14.0 Å². The lowest BCUT2D eigenvalue weighted by atomic mass is 10.0. The first-order valence-corrected chi connectivity index (χ1v) is 8.01. The number of carbonyl (C=O) groups is 2. The summed E-state index contributed by atoms with van der Waals surface area (Å²) >= 11 is 0. The first kappa shape index (κ1) is 16.2. The van der Waals surface area contributed by atoms with E-state index in [0.29, 0.717) is 24.2 Å². The maximum absolute atomic E-state index is 13.2. The van der Waals surface area contributed by atoms with Gasteiger partial charge in [0.1, 0.15) is 11.2 Å². The Labute approximate surface area is 140 Å². The second-order valence-corrected chi connectivity index (χ2v) is 6.05. The molecule has 24 heavy (non-hydrogen) atoms. The van der Waals surface area contributed by atoms with Gasteiger partial charge in [-0.05, 0) is 55.2 Å². The monoisotopic (exact) mass is 326 g/mol. The highest BCUT2D eigenvalue weighted by Crippen LogP contribution is 2.47. The van der Waals surface area contributed by atoms with Gasteiger partial charge in [0.2, 0.25) is 11.8 Å². The van der Waals surface area contributed by atoms with E-state index in [1.54, 1.807) is 6.07 Å². The first-order valence-electron chi connectivity index (χ1n) is 8.01. The minimum atomic E-state index is -1.06. The lowest BCUT2D eigenvalue weighted by Gasteiger charge is -2.15. The van der Waals surface area contributed by atoms with Crippen LogP contribution in [-0.2, 0) is 16.0 Å². The third kappa shape index (κ3) is 3.30. The summed E-state index contributed by atoms with van der Waals surface area (Å²) in [5.41, 5.74) is 1.14. The van der Waals surface area contributed by atoms with Crippen molar-refractivity contribution in [2.75, 3.05) is 10.6 Å². The van der Waals surface area contributed by atoms with E-state index in [4.69, 9.17) is 0 Å². The lowest BCUT2D eigenvalue weighted by Crippen LogP contribution is -2.35. The number of amides is 2. The Morgan fingerprint density at radius 1 is 1.00 bits per heavy atom. The predicted molar refractivity (Wildman–Crippen MR) is 91.1 cm³/mol. The summed E-state index contributed by atoms with van der Waals surface area (Å²) in [5.74, 6) is -1.14. The zero-order chi connectivity index (χ0) is 17.2. The van der Waals surface area contributed by atoms with Crippen LogP contribution >= 0.6 is 0 Å². The number of anilines is 2. The second-order valence-electron chi connectivity index (χ2n) is 6.05. The molecule has 2 amide bonds. The SMILES string of the molecule is CCc1ccc(NC(=O)C2(C(=O)Nc3cccc(F)c3)CC2)cc1. The molecular weight excluding hydrogens is 307 g/mol. The molecule has 2 aromatic carbocycles. The highest BCUT2D eigenvalue weighted by atomic mass is 19.1. The third-order valence-corrected chi connectivity index (χ3v) is 4.32. The largest absolute Gasteiger partial charge is 0.325 e. The summed E-state index contributed by atoms with van der Waals surface area (Å²) in [6.45, 7) is 2.06. The second kappa shape index (κ2) is 6.43. The van der Waals surface area contributed by atoms with Gasteiger partial charge in [0, 0.05) is 11.4 Å². The molecule has 1 fully saturated rings. The van der Waals surface area contributed by atoms with Crippen LogP contribution in [0.2, 0.25) is 0 Å². The number of benzene rings is 2. The summed E-state index contributed by atoms with van der Waals surface area (Å²) in [5, 5.41) is 5.43. The molecule has 2 N–H and O–H groups in total. The number of rotatable bonds is 5. The molecule has 4 nitrogen and oxygen atoms in total. The van der Waals surface area contributed by atoms with Crippen molar-refractivity contribution in [3.8, 4) is 0 Å². The van der Waals surface area contributed by atoms with Crippen molar-refractivity contribution in [1.82, 2.24) is 0 Å². The predicted octanol–water partition coefficient (Wildman–Crippen LogP) is 3.75. The number of carbonyl (C=O) groups excluding carboxylic acids is 2. The smallest absolute Gasteiger partial charge is 0.240 e. The Balaban J connectivity index is 1.68.